The molecule has 1 aromatic carbocycles. The monoisotopic (exact) mass is 359 g/mol. The van der Waals surface area contributed by atoms with E-state index in [-0.39, 0.29) is 11.4 Å². The molecule has 2 aromatic heterocycles. The number of benzene rings is 1. The number of nitrogens with zero attached hydrogens (tertiary/aromatic N) is 3. The molecule has 0 N–H and O–H groups in total. The molecule has 0 fully saturated rings. The molecule has 0 saturated carbocycles. The maximum Gasteiger partial charge on any atom is 0.328 e. The van der Waals surface area contributed by atoms with Gasteiger partial charge in [-0.2, -0.15) is 4.98 Å². The second kappa shape index (κ2) is 6.90. The second-order valence-corrected chi connectivity index (χ2v) is 5.73. The fourth-order valence-corrected chi connectivity index (χ4v) is 2.40. The van der Waals surface area contributed by atoms with E-state index in [1.165, 1.54) is 23.9 Å². The Hall–Kier alpha value is -2.93. The lowest BCUT2D eigenvalue weighted by atomic mass is 10.2. The molecule has 0 amide bonds. The van der Waals surface area contributed by atoms with Crippen LogP contribution in [-0.2, 0) is 9.53 Å². The minimum Gasteiger partial charge on any atom is -0.467 e. The van der Waals surface area contributed by atoms with Gasteiger partial charge in [-0.25, -0.2) is 4.79 Å². The largest absolute Gasteiger partial charge is 0.467 e. The molecule has 2 heterocycles. The minimum absolute atomic E-state index is 0.232. The molecular formula is C17H14ClN3O4. The van der Waals surface area contributed by atoms with Crippen molar-refractivity contribution < 1.29 is 14.1 Å². The molecule has 8 heteroatoms. The molecule has 0 aliphatic heterocycles. The number of hydrogen-bond donors (Lipinski definition) is 0. The van der Waals surface area contributed by atoms with E-state index in [2.05, 4.69) is 14.9 Å². The predicted molar refractivity (Wildman–Crippen MR) is 91.2 cm³/mol. The molecule has 128 valence electrons. The number of hydrogen-bond acceptors (Lipinski definition) is 6. The van der Waals surface area contributed by atoms with Crippen molar-refractivity contribution in [3.8, 4) is 22.8 Å². The summed E-state index contributed by atoms with van der Waals surface area (Å²) in [6.07, 6.45) is 1.49. The van der Waals surface area contributed by atoms with Gasteiger partial charge in [-0.05, 0) is 37.3 Å². The highest BCUT2D eigenvalue weighted by Crippen LogP contribution is 2.23. The molecule has 1 atom stereocenters. The van der Waals surface area contributed by atoms with E-state index in [4.69, 9.17) is 16.1 Å². The van der Waals surface area contributed by atoms with Gasteiger partial charge in [0.1, 0.15) is 6.04 Å². The van der Waals surface area contributed by atoms with E-state index in [1.54, 1.807) is 37.3 Å². The van der Waals surface area contributed by atoms with Crippen LogP contribution in [-0.4, -0.2) is 27.8 Å². The number of methoxy groups -OCH3 is 1. The zero-order valence-electron chi connectivity index (χ0n) is 13.5. The van der Waals surface area contributed by atoms with Gasteiger partial charge < -0.3 is 13.8 Å². The summed E-state index contributed by atoms with van der Waals surface area (Å²) in [5.41, 5.74) is 0.929. The van der Waals surface area contributed by atoms with E-state index < -0.39 is 12.0 Å². The van der Waals surface area contributed by atoms with Gasteiger partial charge in [0.05, 0.1) is 12.7 Å². The van der Waals surface area contributed by atoms with Gasteiger partial charge in [0.25, 0.3) is 11.4 Å². The van der Waals surface area contributed by atoms with Crippen molar-refractivity contribution in [2.75, 3.05) is 7.11 Å². The van der Waals surface area contributed by atoms with Crippen LogP contribution in [0.1, 0.15) is 13.0 Å². The molecule has 0 aliphatic carbocycles. The summed E-state index contributed by atoms with van der Waals surface area (Å²) in [4.78, 5) is 28.0. The summed E-state index contributed by atoms with van der Waals surface area (Å²) in [5.74, 6) is 0.104. The van der Waals surface area contributed by atoms with Crippen LogP contribution in [0.15, 0.2) is 51.9 Å². The van der Waals surface area contributed by atoms with E-state index in [0.29, 0.717) is 16.4 Å². The summed E-state index contributed by atoms with van der Waals surface area (Å²) in [7, 11) is 1.27. The topological polar surface area (TPSA) is 87.2 Å². The highest BCUT2D eigenvalue weighted by atomic mass is 35.5. The van der Waals surface area contributed by atoms with E-state index in [9.17, 15) is 9.59 Å². The average molecular weight is 360 g/mol. The minimum atomic E-state index is -0.767. The number of rotatable bonds is 4. The van der Waals surface area contributed by atoms with Crippen LogP contribution < -0.4 is 5.56 Å². The molecule has 3 rings (SSSR count). The van der Waals surface area contributed by atoms with Crippen molar-refractivity contribution in [3.05, 3.63) is 58.0 Å². The van der Waals surface area contributed by atoms with Crippen LogP contribution in [0.4, 0.5) is 0 Å². The van der Waals surface area contributed by atoms with Crippen LogP contribution in [0.5, 0.6) is 0 Å². The van der Waals surface area contributed by atoms with Crippen molar-refractivity contribution in [1.82, 2.24) is 14.7 Å². The van der Waals surface area contributed by atoms with Crippen molar-refractivity contribution in [2.24, 2.45) is 0 Å². The second-order valence-electron chi connectivity index (χ2n) is 5.29. The standard InChI is InChI=1S/C17H14ClN3O4/c1-10(17(23)24-2)21-9-12(5-8-14(21)22)16-19-15(20-25-16)11-3-6-13(18)7-4-11/h3-10H,1-2H3/t10-/m1/s1. The molecule has 0 bridgehead atoms. The Morgan fingerprint density at radius 2 is 1.88 bits per heavy atom. The fourth-order valence-electron chi connectivity index (χ4n) is 2.27. The lowest BCUT2D eigenvalue weighted by Gasteiger charge is -2.12. The van der Waals surface area contributed by atoms with Crippen LogP contribution >= 0.6 is 11.6 Å². The van der Waals surface area contributed by atoms with Gasteiger partial charge in [-0.3, -0.25) is 4.79 Å². The molecule has 0 radical (unpaired) electrons. The summed E-state index contributed by atoms with van der Waals surface area (Å²) in [6.45, 7) is 1.57. The average Bonchev–Trinajstić information content (AvgIpc) is 3.11. The Morgan fingerprint density at radius 3 is 2.56 bits per heavy atom. The Kier molecular flexibility index (Phi) is 4.67. The predicted octanol–water partition coefficient (Wildman–Crippen LogP) is 2.95. The number of halogens is 1. The molecule has 0 spiro atoms. The zero-order valence-corrected chi connectivity index (χ0v) is 14.2. The normalized spacial score (nSPS) is 12.0. The summed E-state index contributed by atoms with van der Waals surface area (Å²) < 4.78 is 11.2. The van der Waals surface area contributed by atoms with E-state index in [1.807, 2.05) is 0 Å². The maximum atomic E-state index is 12.0. The van der Waals surface area contributed by atoms with Crippen molar-refractivity contribution in [2.45, 2.75) is 13.0 Å². The van der Waals surface area contributed by atoms with Gasteiger partial charge in [-0.1, -0.05) is 16.8 Å². The first-order valence-corrected chi connectivity index (χ1v) is 7.77. The van der Waals surface area contributed by atoms with Gasteiger partial charge in [-0.15, -0.1) is 0 Å². The maximum absolute atomic E-state index is 12.0. The number of aromatic nitrogens is 3. The number of carbonyl (C=O) groups excluding carboxylic acids is 1. The zero-order chi connectivity index (χ0) is 18.0. The summed E-state index contributed by atoms with van der Waals surface area (Å²) in [5, 5.41) is 4.54. The third kappa shape index (κ3) is 3.46. The Morgan fingerprint density at radius 1 is 1.20 bits per heavy atom. The Labute approximate surface area is 147 Å². The van der Waals surface area contributed by atoms with Crippen molar-refractivity contribution in [3.63, 3.8) is 0 Å². The summed E-state index contributed by atoms with van der Waals surface area (Å²) in [6, 6.07) is 9.13. The Bertz CT molecular complexity index is 963. The van der Waals surface area contributed by atoms with Crippen molar-refractivity contribution in [1.29, 1.82) is 0 Å². The number of pyridine rings is 1. The lowest BCUT2D eigenvalue weighted by molar-refractivity contribution is -0.144. The summed E-state index contributed by atoms with van der Waals surface area (Å²) >= 11 is 5.87. The van der Waals surface area contributed by atoms with Crippen LogP contribution in [0.3, 0.4) is 0 Å². The lowest BCUT2D eigenvalue weighted by Crippen LogP contribution is -2.27. The first-order valence-electron chi connectivity index (χ1n) is 7.39. The van der Waals surface area contributed by atoms with Crippen LogP contribution in [0.25, 0.3) is 22.8 Å². The first kappa shape index (κ1) is 16.9. The number of esters is 1. The molecule has 7 nitrogen and oxygen atoms in total. The van der Waals surface area contributed by atoms with E-state index >= 15 is 0 Å². The van der Waals surface area contributed by atoms with E-state index in [0.717, 1.165) is 5.56 Å². The third-order valence-electron chi connectivity index (χ3n) is 3.67. The molecule has 0 unspecified atom stereocenters. The highest BCUT2D eigenvalue weighted by molar-refractivity contribution is 6.30. The molecule has 0 aliphatic rings. The SMILES string of the molecule is COC(=O)[C@@H](C)n1cc(-c2nc(-c3ccc(Cl)cc3)no2)ccc1=O. The number of ether oxygens (including phenoxy) is 1. The van der Waals surface area contributed by atoms with Gasteiger partial charge >= 0.3 is 5.97 Å². The third-order valence-corrected chi connectivity index (χ3v) is 3.93. The quantitative estimate of drug-likeness (QED) is 0.665. The van der Waals surface area contributed by atoms with Gasteiger partial charge in [0.15, 0.2) is 0 Å². The van der Waals surface area contributed by atoms with Crippen LogP contribution in [0, 0.1) is 0 Å². The highest BCUT2D eigenvalue weighted by Gasteiger charge is 2.18. The van der Waals surface area contributed by atoms with Crippen molar-refractivity contribution >= 4 is 17.6 Å². The Balaban J connectivity index is 1.96. The first-order chi connectivity index (χ1) is 12.0. The molecule has 0 saturated heterocycles. The van der Waals surface area contributed by atoms with Gasteiger partial charge in [0.2, 0.25) is 5.82 Å². The van der Waals surface area contributed by atoms with Gasteiger partial charge in [0, 0.05) is 22.8 Å². The van der Waals surface area contributed by atoms with Crippen LogP contribution in [0.2, 0.25) is 5.02 Å². The smallest absolute Gasteiger partial charge is 0.328 e. The molecular weight excluding hydrogens is 346 g/mol. The fraction of sp³-hybridized carbons (Fsp3) is 0.176. The molecule has 3 aromatic rings. The molecule has 25 heavy (non-hydrogen) atoms. The number of carbonyl (C=O) groups is 1.